The number of hydrogen-bond acceptors (Lipinski definition) is 3. The maximum Gasteiger partial charge on any atom is 0.195 e. The Morgan fingerprint density at radius 1 is 1.31 bits per heavy atom. The first-order valence-corrected chi connectivity index (χ1v) is 3.83. The molecular weight excluding hydrogens is 164 g/mol. The van der Waals surface area contributed by atoms with Crippen molar-refractivity contribution in [3.63, 3.8) is 0 Å². The number of nitrogens with two attached hydrogens (primary N) is 1. The van der Waals surface area contributed by atoms with Gasteiger partial charge in [-0.2, -0.15) is 0 Å². The van der Waals surface area contributed by atoms with E-state index in [1.54, 1.807) is 6.20 Å². The average molecular weight is 172 g/mol. The highest BCUT2D eigenvalue weighted by Gasteiger charge is 2.00. The number of fused-ring (bicyclic) bond motifs is 1. The molecule has 1 aromatic carbocycles. The van der Waals surface area contributed by atoms with Crippen LogP contribution in [0.2, 0.25) is 0 Å². The Hall–Kier alpha value is -1.97. The molecule has 0 aliphatic rings. The number of rotatable bonds is 1. The second-order valence-corrected chi connectivity index (χ2v) is 2.67. The molecule has 64 valence electrons. The predicted octanol–water partition coefficient (Wildman–Crippen LogP) is 0.914. The van der Waals surface area contributed by atoms with E-state index in [9.17, 15) is 0 Å². The summed E-state index contributed by atoms with van der Waals surface area (Å²) in [5.41, 5.74) is 6.07. The van der Waals surface area contributed by atoms with Gasteiger partial charge in [0, 0.05) is 11.6 Å². The van der Waals surface area contributed by atoms with E-state index in [1.165, 1.54) is 0 Å². The molecule has 3 N–H and O–H groups in total. The van der Waals surface area contributed by atoms with Crippen LogP contribution in [0.1, 0.15) is 5.82 Å². The molecule has 0 aliphatic heterocycles. The monoisotopic (exact) mass is 172 g/mol. The van der Waals surface area contributed by atoms with Crippen molar-refractivity contribution in [3.05, 3.63) is 36.3 Å². The van der Waals surface area contributed by atoms with Crippen molar-refractivity contribution < 1.29 is 0 Å². The number of nitrogens with one attached hydrogen (secondary N) is 1. The summed E-state index contributed by atoms with van der Waals surface area (Å²) in [4.78, 5) is 8.06. The van der Waals surface area contributed by atoms with Crippen LogP contribution in [0.4, 0.5) is 0 Å². The normalized spacial score (nSPS) is 10.2. The summed E-state index contributed by atoms with van der Waals surface area (Å²) in [6, 6.07) is 7.58. The number of nitrogens with zero attached hydrogens (tertiary/aromatic N) is 2. The standard InChI is InChI=1S/C9H8N4/c10-8(11)9-12-5-6-3-1-2-4-7(6)13-9/h1-5H,(H3,10,11). The first-order valence-electron chi connectivity index (χ1n) is 3.83. The minimum atomic E-state index is -0.106. The lowest BCUT2D eigenvalue weighted by Gasteiger charge is -1.98. The van der Waals surface area contributed by atoms with Gasteiger partial charge < -0.3 is 5.73 Å². The van der Waals surface area contributed by atoms with E-state index in [2.05, 4.69) is 9.97 Å². The number of hydrogen-bond donors (Lipinski definition) is 2. The quantitative estimate of drug-likeness (QED) is 0.496. The maximum absolute atomic E-state index is 7.16. The highest BCUT2D eigenvalue weighted by molar-refractivity contribution is 5.93. The number of para-hydroxylation sites is 1. The van der Waals surface area contributed by atoms with Crippen molar-refractivity contribution in [2.75, 3.05) is 0 Å². The van der Waals surface area contributed by atoms with Crippen LogP contribution in [0.3, 0.4) is 0 Å². The fourth-order valence-electron chi connectivity index (χ4n) is 1.10. The molecule has 0 amide bonds. The van der Waals surface area contributed by atoms with Gasteiger partial charge in [-0.3, -0.25) is 5.41 Å². The minimum Gasteiger partial charge on any atom is -0.381 e. The lowest BCUT2D eigenvalue weighted by atomic mass is 10.2. The number of aromatic nitrogens is 2. The van der Waals surface area contributed by atoms with Gasteiger partial charge in [-0.15, -0.1) is 0 Å². The number of amidine groups is 1. The molecule has 0 aliphatic carbocycles. The summed E-state index contributed by atoms with van der Waals surface area (Å²) in [7, 11) is 0. The van der Waals surface area contributed by atoms with Crippen LogP contribution in [0, 0.1) is 5.41 Å². The molecular formula is C9H8N4. The third-order valence-electron chi connectivity index (χ3n) is 1.73. The van der Waals surface area contributed by atoms with Gasteiger partial charge in [0.05, 0.1) is 5.52 Å². The second kappa shape index (κ2) is 2.82. The molecule has 4 heteroatoms. The lowest BCUT2D eigenvalue weighted by Crippen LogP contribution is -2.14. The van der Waals surface area contributed by atoms with Gasteiger partial charge in [-0.05, 0) is 6.07 Å². The van der Waals surface area contributed by atoms with E-state index < -0.39 is 0 Å². The van der Waals surface area contributed by atoms with Crippen LogP contribution in [0.25, 0.3) is 10.9 Å². The first kappa shape index (κ1) is 7.67. The molecule has 0 bridgehead atoms. The van der Waals surface area contributed by atoms with Gasteiger partial charge in [-0.1, -0.05) is 18.2 Å². The Bertz CT molecular complexity index is 464. The van der Waals surface area contributed by atoms with Crippen LogP contribution in [0.15, 0.2) is 30.5 Å². The third kappa shape index (κ3) is 1.33. The summed E-state index contributed by atoms with van der Waals surface area (Å²) in [6.45, 7) is 0. The number of nitrogen functional groups attached to an aromatic ring is 1. The summed E-state index contributed by atoms with van der Waals surface area (Å²) in [5.74, 6) is 0.171. The van der Waals surface area contributed by atoms with Crippen molar-refractivity contribution in [1.29, 1.82) is 5.41 Å². The Balaban J connectivity index is 2.69. The van der Waals surface area contributed by atoms with Crippen LogP contribution in [0.5, 0.6) is 0 Å². The van der Waals surface area contributed by atoms with Crippen molar-refractivity contribution in [1.82, 2.24) is 9.97 Å². The molecule has 13 heavy (non-hydrogen) atoms. The van der Waals surface area contributed by atoms with E-state index in [-0.39, 0.29) is 11.7 Å². The molecule has 2 aromatic rings. The molecule has 1 aromatic heterocycles. The molecule has 1 heterocycles. The molecule has 0 atom stereocenters. The van der Waals surface area contributed by atoms with Crippen molar-refractivity contribution in [3.8, 4) is 0 Å². The van der Waals surface area contributed by atoms with Crippen LogP contribution in [-0.2, 0) is 0 Å². The van der Waals surface area contributed by atoms with E-state index in [0.29, 0.717) is 0 Å². The SMILES string of the molecule is N=C(N)c1ncc2ccccc2n1. The molecule has 0 saturated heterocycles. The molecule has 0 unspecified atom stereocenters. The van der Waals surface area contributed by atoms with E-state index in [4.69, 9.17) is 11.1 Å². The zero-order valence-electron chi connectivity index (χ0n) is 6.86. The Kier molecular flexibility index (Phi) is 1.66. The summed E-state index contributed by atoms with van der Waals surface area (Å²) >= 11 is 0. The van der Waals surface area contributed by atoms with Crippen LogP contribution >= 0.6 is 0 Å². The van der Waals surface area contributed by atoms with Crippen molar-refractivity contribution >= 4 is 16.7 Å². The van der Waals surface area contributed by atoms with Crippen LogP contribution in [-0.4, -0.2) is 15.8 Å². The average Bonchev–Trinajstić information content (AvgIpc) is 2.17. The summed E-state index contributed by atoms with van der Waals surface area (Å²) in [5, 5.41) is 8.11. The molecule has 0 saturated carbocycles. The maximum atomic E-state index is 7.16. The molecule has 0 spiro atoms. The Morgan fingerprint density at radius 2 is 2.08 bits per heavy atom. The van der Waals surface area contributed by atoms with Gasteiger partial charge in [0.25, 0.3) is 0 Å². The largest absolute Gasteiger partial charge is 0.381 e. The summed E-state index contributed by atoms with van der Waals surface area (Å²) < 4.78 is 0. The Morgan fingerprint density at radius 3 is 2.85 bits per heavy atom. The van der Waals surface area contributed by atoms with Crippen molar-refractivity contribution in [2.24, 2.45) is 5.73 Å². The molecule has 2 rings (SSSR count). The highest BCUT2D eigenvalue weighted by atomic mass is 14.9. The Labute approximate surface area is 74.9 Å². The zero-order chi connectivity index (χ0) is 9.26. The van der Waals surface area contributed by atoms with Crippen LogP contribution < -0.4 is 5.73 Å². The van der Waals surface area contributed by atoms with Gasteiger partial charge in [0.1, 0.15) is 0 Å². The lowest BCUT2D eigenvalue weighted by molar-refractivity contribution is 1.16. The molecule has 0 fully saturated rings. The second-order valence-electron chi connectivity index (χ2n) is 2.67. The van der Waals surface area contributed by atoms with Gasteiger partial charge in [-0.25, -0.2) is 9.97 Å². The van der Waals surface area contributed by atoms with Gasteiger partial charge in [0.15, 0.2) is 11.7 Å². The van der Waals surface area contributed by atoms with E-state index in [1.807, 2.05) is 24.3 Å². The highest BCUT2D eigenvalue weighted by Crippen LogP contribution is 2.08. The van der Waals surface area contributed by atoms with Gasteiger partial charge >= 0.3 is 0 Å². The molecule has 4 nitrogen and oxygen atoms in total. The van der Waals surface area contributed by atoms with Crippen molar-refractivity contribution in [2.45, 2.75) is 0 Å². The summed E-state index contributed by atoms with van der Waals surface area (Å²) in [6.07, 6.45) is 1.67. The first-order chi connectivity index (χ1) is 6.27. The fourth-order valence-corrected chi connectivity index (χ4v) is 1.10. The van der Waals surface area contributed by atoms with Gasteiger partial charge in [0.2, 0.25) is 0 Å². The van der Waals surface area contributed by atoms with E-state index >= 15 is 0 Å². The minimum absolute atomic E-state index is 0.106. The molecule has 0 radical (unpaired) electrons. The van der Waals surface area contributed by atoms with E-state index in [0.717, 1.165) is 10.9 Å². The third-order valence-corrected chi connectivity index (χ3v) is 1.73. The predicted molar refractivity (Wildman–Crippen MR) is 50.6 cm³/mol. The fraction of sp³-hybridized carbons (Fsp3) is 0. The zero-order valence-corrected chi connectivity index (χ0v) is 6.86. The number of benzene rings is 1. The topological polar surface area (TPSA) is 75.7 Å². The smallest absolute Gasteiger partial charge is 0.195 e.